The van der Waals surface area contributed by atoms with Crippen LogP contribution in [0.25, 0.3) is 5.57 Å². The Bertz CT molecular complexity index is 1140. The molecule has 3 aliphatic rings. The van der Waals surface area contributed by atoms with E-state index in [0.29, 0.717) is 17.0 Å². The highest BCUT2D eigenvalue weighted by Crippen LogP contribution is 2.45. The number of Topliss-reactive ketones (excluding diaryl/α,β-unsaturated/α-hetero) is 1. The molecule has 3 fully saturated rings. The van der Waals surface area contributed by atoms with Crippen LogP contribution in [0.3, 0.4) is 0 Å². The van der Waals surface area contributed by atoms with Gasteiger partial charge in [0.15, 0.2) is 5.78 Å². The SMILES string of the molecule is CC(=O)c1ccc(N2CCN(c3ccc(/C(C#N)=C\N)c(CC4CC5(CCCN5)C4)n3)CC2)cc1. The number of nitriles is 1. The molecule has 2 aromatic rings. The summed E-state index contributed by atoms with van der Waals surface area (Å²) in [5, 5.41) is 13.3. The number of hydrogen-bond acceptors (Lipinski definition) is 7. The summed E-state index contributed by atoms with van der Waals surface area (Å²) in [5.74, 6) is 1.65. The van der Waals surface area contributed by atoms with Gasteiger partial charge in [0.05, 0.1) is 11.3 Å². The van der Waals surface area contributed by atoms with Crippen molar-refractivity contribution in [1.29, 1.82) is 5.26 Å². The molecule has 1 saturated carbocycles. The normalized spacial score (nSPS) is 24.3. The molecule has 182 valence electrons. The number of carbonyl (C=O) groups is 1. The lowest BCUT2D eigenvalue weighted by molar-refractivity contribution is 0.101. The van der Waals surface area contributed by atoms with Gasteiger partial charge in [0.25, 0.3) is 0 Å². The van der Waals surface area contributed by atoms with Crippen molar-refractivity contribution in [1.82, 2.24) is 10.3 Å². The summed E-state index contributed by atoms with van der Waals surface area (Å²) >= 11 is 0. The van der Waals surface area contributed by atoms with E-state index in [2.05, 4.69) is 21.2 Å². The van der Waals surface area contributed by atoms with Crippen LogP contribution in [0.1, 0.15) is 54.2 Å². The largest absolute Gasteiger partial charge is 0.404 e. The Balaban J connectivity index is 1.28. The lowest BCUT2D eigenvalue weighted by atomic mass is 9.66. The van der Waals surface area contributed by atoms with E-state index < -0.39 is 0 Å². The maximum absolute atomic E-state index is 11.6. The third-order valence-electron chi connectivity index (χ3n) is 7.95. The van der Waals surface area contributed by atoms with Crippen molar-refractivity contribution < 1.29 is 4.79 Å². The number of carbonyl (C=O) groups excluding carboxylic acids is 1. The predicted molar refractivity (Wildman–Crippen MR) is 139 cm³/mol. The lowest BCUT2D eigenvalue weighted by Crippen LogP contribution is -2.51. The van der Waals surface area contributed by atoms with E-state index in [0.717, 1.165) is 67.5 Å². The number of anilines is 2. The highest BCUT2D eigenvalue weighted by molar-refractivity contribution is 5.94. The summed E-state index contributed by atoms with van der Waals surface area (Å²) in [4.78, 5) is 21.3. The second-order valence-corrected chi connectivity index (χ2v) is 10.2. The van der Waals surface area contributed by atoms with Crippen LogP contribution in [-0.4, -0.2) is 49.0 Å². The van der Waals surface area contributed by atoms with Gasteiger partial charge < -0.3 is 20.9 Å². The van der Waals surface area contributed by atoms with E-state index in [1.165, 1.54) is 31.9 Å². The van der Waals surface area contributed by atoms with E-state index in [1.54, 1.807) is 6.92 Å². The van der Waals surface area contributed by atoms with Crippen molar-refractivity contribution in [3.8, 4) is 6.07 Å². The average Bonchev–Trinajstić information content (AvgIpc) is 3.36. The predicted octanol–water partition coefficient (Wildman–Crippen LogP) is 3.51. The average molecular weight is 471 g/mol. The van der Waals surface area contributed by atoms with Gasteiger partial charge in [-0.05, 0) is 87.9 Å². The monoisotopic (exact) mass is 470 g/mol. The van der Waals surface area contributed by atoms with E-state index in [4.69, 9.17) is 10.7 Å². The summed E-state index contributed by atoms with van der Waals surface area (Å²) in [6.07, 6.45) is 7.21. The van der Waals surface area contributed by atoms with Crippen molar-refractivity contribution in [2.75, 3.05) is 42.5 Å². The van der Waals surface area contributed by atoms with Gasteiger partial charge in [0.2, 0.25) is 0 Å². The summed E-state index contributed by atoms with van der Waals surface area (Å²) in [6.45, 7) is 6.25. The zero-order chi connectivity index (χ0) is 24.4. The van der Waals surface area contributed by atoms with Crippen molar-refractivity contribution >= 4 is 22.9 Å². The van der Waals surface area contributed by atoms with Gasteiger partial charge in [-0.2, -0.15) is 5.26 Å². The zero-order valence-corrected chi connectivity index (χ0v) is 20.5. The number of nitrogens with zero attached hydrogens (tertiary/aromatic N) is 4. The highest BCUT2D eigenvalue weighted by atomic mass is 16.1. The molecule has 2 aliphatic heterocycles. The number of aromatic nitrogens is 1. The highest BCUT2D eigenvalue weighted by Gasteiger charge is 2.45. The lowest BCUT2D eigenvalue weighted by Gasteiger charge is -2.46. The van der Waals surface area contributed by atoms with Crippen molar-refractivity contribution in [3.63, 3.8) is 0 Å². The molecule has 7 heteroatoms. The fraction of sp³-hybridized carbons (Fsp3) is 0.464. The number of hydrogen-bond donors (Lipinski definition) is 2. The molecule has 5 rings (SSSR count). The van der Waals surface area contributed by atoms with Crippen LogP contribution >= 0.6 is 0 Å². The molecule has 3 heterocycles. The number of pyridine rings is 1. The van der Waals surface area contributed by atoms with Crippen LogP contribution < -0.4 is 20.9 Å². The van der Waals surface area contributed by atoms with Crippen LogP contribution in [0, 0.1) is 17.2 Å². The molecule has 0 radical (unpaired) electrons. The maximum Gasteiger partial charge on any atom is 0.159 e. The summed E-state index contributed by atoms with van der Waals surface area (Å²) < 4.78 is 0. The van der Waals surface area contributed by atoms with Gasteiger partial charge in [-0.3, -0.25) is 4.79 Å². The number of allylic oxidation sites excluding steroid dienone is 1. The number of benzene rings is 1. The Labute approximate surface area is 207 Å². The molecule has 0 atom stereocenters. The smallest absolute Gasteiger partial charge is 0.159 e. The van der Waals surface area contributed by atoms with Gasteiger partial charge in [-0.1, -0.05) is 0 Å². The van der Waals surface area contributed by atoms with Gasteiger partial charge in [-0.15, -0.1) is 0 Å². The molecule has 2 saturated heterocycles. The van der Waals surface area contributed by atoms with Gasteiger partial charge in [0.1, 0.15) is 11.9 Å². The minimum absolute atomic E-state index is 0.0901. The number of rotatable bonds is 6. The topological polar surface area (TPSA) is 98.3 Å². The first-order valence-electron chi connectivity index (χ1n) is 12.7. The molecule has 0 unspecified atom stereocenters. The van der Waals surface area contributed by atoms with Crippen molar-refractivity contribution in [3.05, 3.63) is 59.4 Å². The number of nitrogens with one attached hydrogen (secondary N) is 1. The quantitative estimate of drug-likeness (QED) is 0.492. The van der Waals surface area contributed by atoms with Gasteiger partial charge >= 0.3 is 0 Å². The molecule has 1 spiro atoms. The summed E-state index contributed by atoms with van der Waals surface area (Å²) in [7, 11) is 0. The minimum atomic E-state index is 0.0901. The van der Waals surface area contributed by atoms with E-state index >= 15 is 0 Å². The van der Waals surface area contributed by atoms with E-state index in [-0.39, 0.29) is 5.78 Å². The molecule has 35 heavy (non-hydrogen) atoms. The number of nitrogens with two attached hydrogens (primary N) is 1. The third kappa shape index (κ3) is 4.76. The van der Waals surface area contributed by atoms with Gasteiger partial charge in [-0.25, -0.2) is 4.98 Å². The molecule has 7 nitrogen and oxygen atoms in total. The minimum Gasteiger partial charge on any atom is -0.404 e. The fourth-order valence-electron chi connectivity index (χ4n) is 6.04. The Kier molecular flexibility index (Phi) is 6.48. The van der Waals surface area contributed by atoms with Crippen molar-refractivity contribution in [2.24, 2.45) is 11.7 Å². The Hall–Kier alpha value is -3.37. The first kappa shape index (κ1) is 23.4. The molecule has 1 aromatic heterocycles. The second-order valence-electron chi connectivity index (χ2n) is 10.2. The Morgan fingerprint density at radius 3 is 2.49 bits per heavy atom. The molecular formula is C28H34N6O. The van der Waals surface area contributed by atoms with Gasteiger partial charge in [0, 0.05) is 54.7 Å². The van der Waals surface area contributed by atoms with Crippen LogP contribution in [0.5, 0.6) is 0 Å². The fourth-order valence-corrected chi connectivity index (χ4v) is 6.04. The summed E-state index contributed by atoms with van der Waals surface area (Å²) in [6, 6.07) is 14.2. The first-order chi connectivity index (χ1) is 17.0. The van der Waals surface area contributed by atoms with Crippen molar-refractivity contribution in [2.45, 2.75) is 44.6 Å². The molecule has 0 bridgehead atoms. The standard InChI is InChI=1S/C28H34N6O/c1-20(35)22-3-5-24(6-4-22)33-11-13-34(14-12-33)27-8-7-25(23(18-29)19-30)26(32-27)15-21-16-28(17-21)9-2-10-31-28/h3-8,18,21,31H,2,9-17,29H2,1H3/b23-18-. The molecule has 3 N–H and O–H groups in total. The van der Waals surface area contributed by atoms with Crippen LogP contribution in [-0.2, 0) is 6.42 Å². The molecule has 0 amide bonds. The number of ketones is 1. The van der Waals surface area contributed by atoms with Crippen LogP contribution in [0.2, 0.25) is 0 Å². The third-order valence-corrected chi connectivity index (χ3v) is 7.95. The number of piperazine rings is 1. The second kappa shape index (κ2) is 9.71. The van der Waals surface area contributed by atoms with E-state index in [9.17, 15) is 10.1 Å². The van der Waals surface area contributed by atoms with E-state index in [1.807, 2.05) is 36.4 Å². The molecule has 1 aromatic carbocycles. The molecular weight excluding hydrogens is 436 g/mol. The van der Waals surface area contributed by atoms with Crippen LogP contribution in [0.15, 0.2) is 42.6 Å². The van der Waals surface area contributed by atoms with Crippen LogP contribution in [0.4, 0.5) is 11.5 Å². The summed E-state index contributed by atoms with van der Waals surface area (Å²) in [5.41, 5.74) is 10.4. The Morgan fingerprint density at radius 2 is 1.89 bits per heavy atom. The maximum atomic E-state index is 11.6. The Morgan fingerprint density at radius 1 is 1.17 bits per heavy atom. The molecule has 1 aliphatic carbocycles. The zero-order valence-electron chi connectivity index (χ0n) is 20.5. The first-order valence-corrected chi connectivity index (χ1v) is 12.7.